The van der Waals surface area contributed by atoms with Crippen LogP contribution in [-0.2, 0) is 0 Å². The van der Waals surface area contributed by atoms with Crippen molar-refractivity contribution >= 4 is 23.2 Å². The Kier molecular flexibility index (Phi) is 21.6. The van der Waals surface area contributed by atoms with Gasteiger partial charge in [0.2, 0.25) is 0 Å². The van der Waals surface area contributed by atoms with Crippen molar-refractivity contribution < 1.29 is 0 Å². The van der Waals surface area contributed by atoms with E-state index >= 15 is 0 Å². The molecule has 0 rings (SSSR count). The van der Waals surface area contributed by atoms with Crippen LogP contribution in [0.2, 0.25) is 0 Å². The Labute approximate surface area is 68.5 Å². The summed E-state index contributed by atoms with van der Waals surface area (Å²) in [4.78, 5) is 0. The maximum absolute atomic E-state index is 5.05. The normalized spacial score (nSPS) is 8.00. The second kappa shape index (κ2) is 15.8. The molecule has 58 valence electrons. The molecule has 0 aliphatic rings. The zero-order valence-corrected chi connectivity index (χ0v) is 7.80. The Balaban J connectivity index is 0. The number of unbranched alkanes of at least 4 members (excludes halogenated alkanes) is 2. The number of hydrogen-bond donors (Lipinski definition) is 0. The molecule has 0 heterocycles. The van der Waals surface area contributed by atoms with Crippen molar-refractivity contribution in [2.24, 2.45) is 0 Å². The molecule has 0 fully saturated rings. The predicted molar refractivity (Wildman–Crippen MR) is 46.6 cm³/mol. The van der Waals surface area contributed by atoms with E-state index in [1.165, 1.54) is 19.3 Å². The van der Waals surface area contributed by atoms with Crippen molar-refractivity contribution in [3.8, 4) is 0 Å². The van der Waals surface area contributed by atoms with Crippen molar-refractivity contribution in [1.82, 2.24) is 0 Å². The summed E-state index contributed by atoms with van der Waals surface area (Å²) in [5, 5.41) is 0. The number of rotatable bonds is 3. The summed E-state index contributed by atoms with van der Waals surface area (Å²) in [6, 6.07) is 0. The molecule has 0 saturated heterocycles. The van der Waals surface area contributed by atoms with Gasteiger partial charge >= 0.3 is 0 Å². The molecule has 0 saturated carbocycles. The summed E-state index contributed by atoms with van der Waals surface area (Å²) >= 11 is 10.1. The molecule has 0 aliphatic heterocycles. The van der Waals surface area contributed by atoms with Crippen LogP contribution < -0.4 is 0 Å². The summed E-state index contributed by atoms with van der Waals surface area (Å²) in [5.41, 5.74) is 0. The molecule has 0 unspecified atom stereocenters. The lowest BCUT2D eigenvalue weighted by Gasteiger charge is -1.79. The van der Waals surface area contributed by atoms with Crippen LogP contribution in [0.4, 0.5) is 0 Å². The van der Waals surface area contributed by atoms with Gasteiger partial charge in [-0.15, -0.1) is 23.2 Å². The SMILES string of the molecule is CCCCC.ClCCCl. The van der Waals surface area contributed by atoms with Crippen LogP contribution in [-0.4, -0.2) is 11.8 Å². The highest BCUT2D eigenvalue weighted by Crippen LogP contribution is 1.88. The van der Waals surface area contributed by atoms with Gasteiger partial charge in [-0.1, -0.05) is 33.1 Å². The van der Waals surface area contributed by atoms with Crippen LogP contribution in [0.25, 0.3) is 0 Å². The lowest BCUT2D eigenvalue weighted by Crippen LogP contribution is -1.63. The highest BCUT2D eigenvalue weighted by molar-refractivity contribution is 6.25. The number of hydrogen-bond acceptors (Lipinski definition) is 0. The molecular formula is C7H16Cl2. The van der Waals surface area contributed by atoms with Gasteiger partial charge in [-0.3, -0.25) is 0 Å². The summed E-state index contributed by atoms with van der Waals surface area (Å²) < 4.78 is 0. The minimum absolute atomic E-state index is 0.557. The molecule has 0 bridgehead atoms. The van der Waals surface area contributed by atoms with Gasteiger partial charge in [0.1, 0.15) is 0 Å². The van der Waals surface area contributed by atoms with Crippen LogP contribution >= 0.6 is 23.2 Å². The van der Waals surface area contributed by atoms with Crippen molar-refractivity contribution in [2.45, 2.75) is 33.1 Å². The second-order valence-corrected chi connectivity index (χ2v) is 2.49. The van der Waals surface area contributed by atoms with Crippen LogP contribution in [0.5, 0.6) is 0 Å². The molecule has 0 aromatic carbocycles. The third-order valence-corrected chi connectivity index (χ3v) is 1.35. The predicted octanol–water partition coefficient (Wildman–Crippen LogP) is 3.66. The first kappa shape index (κ1) is 12.3. The summed E-state index contributed by atoms with van der Waals surface area (Å²) in [7, 11) is 0. The standard InChI is InChI=1S/C5H12.C2H4Cl2/c1-3-5-4-2;3-1-2-4/h3-5H2,1-2H3;1-2H2. The average molecular weight is 171 g/mol. The van der Waals surface area contributed by atoms with E-state index in [0.29, 0.717) is 11.8 Å². The van der Waals surface area contributed by atoms with E-state index in [2.05, 4.69) is 13.8 Å². The van der Waals surface area contributed by atoms with Gasteiger partial charge < -0.3 is 0 Å². The van der Waals surface area contributed by atoms with Gasteiger partial charge in [0.25, 0.3) is 0 Å². The highest BCUT2D eigenvalue weighted by atomic mass is 35.5. The summed E-state index contributed by atoms with van der Waals surface area (Å²) in [5.74, 6) is 1.11. The van der Waals surface area contributed by atoms with Gasteiger partial charge in [0.15, 0.2) is 0 Å². The van der Waals surface area contributed by atoms with E-state index < -0.39 is 0 Å². The first-order valence-corrected chi connectivity index (χ1v) is 4.52. The average Bonchev–Trinajstić information content (AvgIpc) is 1.91. The van der Waals surface area contributed by atoms with Gasteiger partial charge in [0, 0.05) is 11.8 Å². The second-order valence-electron chi connectivity index (χ2n) is 1.73. The topological polar surface area (TPSA) is 0 Å². The maximum Gasteiger partial charge on any atom is 0.0359 e. The number of halogens is 2. The number of alkyl halides is 2. The van der Waals surface area contributed by atoms with E-state index in [0.717, 1.165) is 0 Å². The molecule has 0 aromatic heterocycles. The molecule has 0 N–H and O–H groups in total. The molecule has 0 aliphatic carbocycles. The molecule has 9 heavy (non-hydrogen) atoms. The smallest absolute Gasteiger partial charge is 0.0359 e. The van der Waals surface area contributed by atoms with Crippen LogP contribution in [0.1, 0.15) is 33.1 Å². The minimum Gasteiger partial charge on any atom is -0.125 e. The van der Waals surface area contributed by atoms with Crippen molar-refractivity contribution in [2.75, 3.05) is 11.8 Å². The van der Waals surface area contributed by atoms with Crippen LogP contribution in [0.3, 0.4) is 0 Å². The third-order valence-electron chi connectivity index (χ3n) is 0.779. The zero-order chi connectivity index (χ0) is 7.54. The van der Waals surface area contributed by atoms with Crippen LogP contribution in [0, 0.1) is 0 Å². The fourth-order valence-electron chi connectivity index (χ4n) is 0.354. The monoisotopic (exact) mass is 170 g/mol. The molecule has 0 radical (unpaired) electrons. The molecule has 0 aromatic rings. The Morgan fingerprint density at radius 3 is 1.22 bits per heavy atom. The van der Waals surface area contributed by atoms with Gasteiger partial charge in [0.05, 0.1) is 0 Å². The molecule has 2 heteroatoms. The largest absolute Gasteiger partial charge is 0.125 e. The third kappa shape index (κ3) is 29.0. The first-order chi connectivity index (χ1) is 4.33. The molecule has 0 spiro atoms. The fourth-order valence-corrected chi connectivity index (χ4v) is 0.354. The van der Waals surface area contributed by atoms with Crippen molar-refractivity contribution in [3.63, 3.8) is 0 Å². The fraction of sp³-hybridized carbons (Fsp3) is 1.00. The van der Waals surface area contributed by atoms with Crippen molar-refractivity contribution in [1.29, 1.82) is 0 Å². The first-order valence-electron chi connectivity index (χ1n) is 3.45. The summed E-state index contributed by atoms with van der Waals surface area (Å²) in [6.45, 7) is 4.42. The van der Waals surface area contributed by atoms with E-state index in [9.17, 15) is 0 Å². The molecule has 0 nitrogen and oxygen atoms in total. The van der Waals surface area contributed by atoms with E-state index in [1.54, 1.807) is 0 Å². The minimum atomic E-state index is 0.557. The Morgan fingerprint density at radius 1 is 0.889 bits per heavy atom. The Hall–Kier alpha value is 0.580. The van der Waals surface area contributed by atoms with Gasteiger partial charge in [-0.05, 0) is 0 Å². The van der Waals surface area contributed by atoms with Crippen molar-refractivity contribution in [3.05, 3.63) is 0 Å². The lowest BCUT2D eigenvalue weighted by atomic mass is 10.3. The Bertz CT molecular complexity index is 26.1. The molecule has 0 atom stereocenters. The van der Waals surface area contributed by atoms with Crippen LogP contribution in [0.15, 0.2) is 0 Å². The van der Waals surface area contributed by atoms with Gasteiger partial charge in [-0.25, -0.2) is 0 Å². The van der Waals surface area contributed by atoms with E-state index in [1.807, 2.05) is 0 Å². The van der Waals surface area contributed by atoms with E-state index in [4.69, 9.17) is 23.2 Å². The molecular weight excluding hydrogens is 155 g/mol. The molecule has 0 amide bonds. The van der Waals surface area contributed by atoms with E-state index in [-0.39, 0.29) is 0 Å². The maximum atomic E-state index is 5.05. The summed E-state index contributed by atoms with van der Waals surface area (Å²) in [6.07, 6.45) is 4.08. The zero-order valence-electron chi connectivity index (χ0n) is 6.29. The quantitative estimate of drug-likeness (QED) is 0.568. The van der Waals surface area contributed by atoms with Gasteiger partial charge in [-0.2, -0.15) is 0 Å². The highest BCUT2D eigenvalue weighted by Gasteiger charge is 1.68. The lowest BCUT2D eigenvalue weighted by molar-refractivity contribution is 0.772. The Morgan fingerprint density at radius 2 is 1.22 bits per heavy atom.